The minimum atomic E-state index is 0.0104. The van der Waals surface area contributed by atoms with E-state index in [1.165, 1.54) is 25.7 Å². The van der Waals surface area contributed by atoms with Crippen LogP contribution in [0.5, 0.6) is 0 Å². The van der Waals surface area contributed by atoms with Gasteiger partial charge in [-0.3, -0.25) is 0 Å². The number of aliphatic hydroxyl groups is 1. The molecule has 2 bridgehead atoms. The molecule has 3 saturated carbocycles. The van der Waals surface area contributed by atoms with Crippen molar-refractivity contribution in [2.24, 2.45) is 35.0 Å². The minimum Gasteiger partial charge on any atom is -0.393 e. The van der Waals surface area contributed by atoms with Crippen LogP contribution in [0.4, 0.5) is 0 Å². The van der Waals surface area contributed by atoms with Gasteiger partial charge < -0.3 is 5.11 Å². The Morgan fingerprint density at radius 2 is 1.71 bits per heavy atom. The molecule has 0 aromatic rings. The van der Waals surface area contributed by atoms with Gasteiger partial charge in [0.2, 0.25) is 0 Å². The van der Waals surface area contributed by atoms with Gasteiger partial charge in [0, 0.05) is 0 Å². The minimum absolute atomic E-state index is 0.0104. The summed E-state index contributed by atoms with van der Waals surface area (Å²) in [6.45, 7) is 7.44. The molecule has 0 spiro atoms. The van der Waals surface area contributed by atoms with Crippen LogP contribution in [0.15, 0.2) is 0 Å². The maximum Gasteiger partial charge on any atom is 0.0543 e. The topological polar surface area (TPSA) is 20.2 Å². The standard InChI is InChI=1S/C16H28O/c1-10-14-8-12(16(10,2)3)9-15(14)11-5-4-6-13(17)7-11/h10-15,17H,4-9H2,1-3H3/t10-,11-,12+,13-,14+,15+/m1/s1. The Balaban J connectivity index is 1.72. The molecule has 98 valence electrons. The first-order chi connectivity index (χ1) is 8.00. The van der Waals surface area contributed by atoms with Gasteiger partial charge in [-0.15, -0.1) is 0 Å². The summed E-state index contributed by atoms with van der Waals surface area (Å²) in [4.78, 5) is 0. The molecule has 0 radical (unpaired) electrons. The van der Waals surface area contributed by atoms with Crippen molar-refractivity contribution in [3.8, 4) is 0 Å². The SMILES string of the molecule is C[C@@H]1[C@@H]2C[C@@H](C[C@H]2[C@@H]2CCC[C@@H](O)C2)C1(C)C. The Kier molecular flexibility index (Phi) is 2.81. The average Bonchev–Trinajstić information content (AvgIpc) is 2.79. The lowest BCUT2D eigenvalue weighted by molar-refractivity contribution is 0.0247. The van der Waals surface area contributed by atoms with Gasteiger partial charge in [-0.1, -0.05) is 27.2 Å². The second-order valence-corrected chi connectivity index (χ2v) is 7.69. The van der Waals surface area contributed by atoms with Gasteiger partial charge in [-0.2, -0.15) is 0 Å². The zero-order valence-corrected chi connectivity index (χ0v) is 11.7. The summed E-state index contributed by atoms with van der Waals surface area (Å²) in [5.41, 5.74) is 0.578. The molecule has 17 heavy (non-hydrogen) atoms. The smallest absolute Gasteiger partial charge is 0.0543 e. The Morgan fingerprint density at radius 3 is 2.29 bits per heavy atom. The summed E-state index contributed by atoms with van der Waals surface area (Å²) in [6.07, 6.45) is 7.75. The van der Waals surface area contributed by atoms with Crippen molar-refractivity contribution in [1.29, 1.82) is 0 Å². The predicted molar refractivity (Wildman–Crippen MR) is 70.6 cm³/mol. The molecule has 3 fully saturated rings. The third kappa shape index (κ3) is 1.77. The predicted octanol–water partition coefficient (Wildman–Crippen LogP) is 3.86. The zero-order valence-electron chi connectivity index (χ0n) is 11.7. The van der Waals surface area contributed by atoms with E-state index in [0.717, 1.165) is 42.4 Å². The molecule has 0 aromatic heterocycles. The number of hydrogen-bond donors (Lipinski definition) is 1. The molecule has 0 aliphatic heterocycles. The van der Waals surface area contributed by atoms with E-state index in [4.69, 9.17) is 0 Å². The van der Waals surface area contributed by atoms with Crippen molar-refractivity contribution in [2.45, 2.75) is 65.4 Å². The summed E-state index contributed by atoms with van der Waals surface area (Å²) in [6, 6.07) is 0. The van der Waals surface area contributed by atoms with Crippen molar-refractivity contribution in [3.63, 3.8) is 0 Å². The quantitative estimate of drug-likeness (QED) is 0.733. The van der Waals surface area contributed by atoms with Gasteiger partial charge in [0.1, 0.15) is 0 Å². The van der Waals surface area contributed by atoms with Crippen LogP contribution < -0.4 is 0 Å². The Labute approximate surface area is 106 Å². The van der Waals surface area contributed by atoms with E-state index in [1.807, 2.05) is 0 Å². The molecule has 0 amide bonds. The highest BCUT2D eigenvalue weighted by atomic mass is 16.3. The molecule has 1 heteroatoms. The Hall–Kier alpha value is -0.0400. The van der Waals surface area contributed by atoms with Crippen LogP contribution >= 0.6 is 0 Å². The molecule has 1 N–H and O–H groups in total. The molecule has 3 rings (SSSR count). The lowest BCUT2D eigenvalue weighted by Gasteiger charge is -2.44. The van der Waals surface area contributed by atoms with E-state index in [9.17, 15) is 5.11 Å². The average molecular weight is 236 g/mol. The van der Waals surface area contributed by atoms with Crippen LogP contribution in [-0.4, -0.2) is 11.2 Å². The molecule has 3 aliphatic carbocycles. The Bertz CT molecular complexity index is 292. The number of hydrogen-bond acceptors (Lipinski definition) is 1. The van der Waals surface area contributed by atoms with E-state index in [0.29, 0.717) is 5.41 Å². The van der Waals surface area contributed by atoms with Crippen LogP contribution in [0.2, 0.25) is 0 Å². The largest absolute Gasteiger partial charge is 0.393 e. The molecule has 6 atom stereocenters. The fraction of sp³-hybridized carbons (Fsp3) is 1.00. The van der Waals surface area contributed by atoms with Crippen LogP contribution in [0.25, 0.3) is 0 Å². The highest BCUT2D eigenvalue weighted by Gasteiger charge is 2.56. The molecule has 3 aliphatic rings. The second-order valence-electron chi connectivity index (χ2n) is 7.69. The van der Waals surface area contributed by atoms with Crippen molar-refractivity contribution in [2.75, 3.05) is 0 Å². The monoisotopic (exact) mass is 236 g/mol. The lowest BCUT2D eigenvalue weighted by atomic mass is 9.62. The summed E-state index contributed by atoms with van der Waals surface area (Å²) in [5, 5.41) is 9.88. The van der Waals surface area contributed by atoms with Crippen LogP contribution in [-0.2, 0) is 0 Å². The zero-order chi connectivity index (χ0) is 12.2. The Morgan fingerprint density at radius 1 is 1.00 bits per heavy atom. The number of aliphatic hydroxyl groups excluding tert-OH is 1. The summed E-state index contributed by atoms with van der Waals surface area (Å²) in [5.74, 6) is 4.60. The molecule has 0 saturated heterocycles. The van der Waals surface area contributed by atoms with Crippen LogP contribution in [0, 0.1) is 35.0 Å². The fourth-order valence-electron chi connectivity index (χ4n) is 5.34. The van der Waals surface area contributed by atoms with Crippen molar-refractivity contribution in [1.82, 2.24) is 0 Å². The van der Waals surface area contributed by atoms with E-state index < -0.39 is 0 Å². The summed E-state index contributed by atoms with van der Waals surface area (Å²) >= 11 is 0. The van der Waals surface area contributed by atoms with Gasteiger partial charge in [0.25, 0.3) is 0 Å². The maximum atomic E-state index is 9.88. The van der Waals surface area contributed by atoms with Crippen LogP contribution in [0.1, 0.15) is 59.3 Å². The number of fused-ring (bicyclic) bond motifs is 2. The second kappa shape index (κ2) is 3.98. The highest BCUT2D eigenvalue weighted by molar-refractivity contribution is 5.05. The van der Waals surface area contributed by atoms with Gasteiger partial charge in [-0.25, -0.2) is 0 Å². The van der Waals surface area contributed by atoms with E-state index in [-0.39, 0.29) is 6.10 Å². The maximum absolute atomic E-state index is 9.88. The third-order valence-electron chi connectivity index (χ3n) is 6.82. The van der Waals surface area contributed by atoms with Gasteiger partial charge in [0.05, 0.1) is 6.10 Å². The fourth-order valence-corrected chi connectivity index (χ4v) is 5.34. The summed E-state index contributed by atoms with van der Waals surface area (Å²) < 4.78 is 0. The van der Waals surface area contributed by atoms with Crippen molar-refractivity contribution >= 4 is 0 Å². The molecule has 0 heterocycles. The molecule has 0 aromatic carbocycles. The molecular weight excluding hydrogens is 208 g/mol. The third-order valence-corrected chi connectivity index (χ3v) is 6.82. The summed E-state index contributed by atoms with van der Waals surface area (Å²) in [7, 11) is 0. The first-order valence-electron chi connectivity index (χ1n) is 7.68. The number of rotatable bonds is 1. The van der Waals surface area contributed by atoms with Gasteiger partial charge >= 0.3 is 0 Å². The van der Waals surface area contributed by atoms with Crippen LogP contribution in [0.3, 0.4) is 0 Å². The molecule has 1 nitrogen and oxygen atoms in total. The molecule has 0 unspecified atom stereocenters. The molecular formula is C16H28O. The normalized spacial score (nSPS) is 52.9. The van der Waals surface area contributed by atoms with Gasteiger partial charge in [0.15, 0.2) is 0 Å². The van der Waals surface area contributed by atoms with E-state index in [1.54, 1.807) is 0 Å². The van der Waals surface area contributed by atoms with Crippen molar-refractivity contribution < 1.29 is 5.11 Å². The highest BCUT2D eigenvalue weighted by Crippen LogP contribution is 2.63. The van der Waals surface area contributed by atoms with E-state index in [2.05, 4.69) is 20.8 Å². The lowest BCUT2D eigenvalue weighted by Crippen LogP contribution is -2.37. The first-order valence-corrected chi connectivity index (χ1v) is 7.68. The van der Waals surface area contributed by atoms with E-state index >= 15 is 0 Å². The van der Waals surface area contributed by atoms with Crippen molar-refractivity contribution in [3.05, 3.63) is 0 Å². The van der Waals surface area contributed by atoms with Gasteiger partial charge in [-0.05, 0) is 67.1 Å². The first kappa shape index (κ1) is 12.0.